The van der Waals surface area contributed by atoms with E-state index in [1.54, 1.807) is 0 Å². The highest BCUT2D eigenvalue weighted by Crippen LogP contribution is 2.34. The van der Waals surface area contributed by atoms with Crippen LogP contribution in [-0.4, -0.2) is 66.9 Å². The number of likely N-dealkylation sites (tertiary alicyclic amines) is 1. The van der Waals surface area contributed by atoms with Gasteiger partial charge in [0.1, 0.15) is 11.8 Å². The second-order valence-corrected chi connectivity index (χ2v) is 7.31. The Morgan fingerprint density at radius 3 is 2.62 bits per heavy atom. The van der Waals surface area contributed by atoms with E-state index in [1.807, 2.05) is 37.3 Å². The van der Waals surface area contributed by atoms with Crippen LogP contribution in [0.2, 0.25) is 0 Å². The van der Waals surface area contributed by atoms with Crippen LogP contribution in [0.25, 0.3) is 0 Å². The second-order valence-electron chi connectivity index (χ2n) is 7.31. The fourth-order valence-corrected chi connectivity index (χ4v) is 3.55. The van der Waals surface area contributed by atoms with Crippen LogP contribution >= 0.6 is 0 Å². The molecule has 3 rings (SSSR count). The average Bonchev–Trinajstić information content (AvgIpc) is 3.32. The zero-order valence-corrected chi connectivity index (χ0v) is 16.5. The van der Waals surface area contributed by atoms with E-state index in [2.05, 4.69) is 5.32 Å². The minimum absolute atomic E-state index is 0.122. The number of para-hydroxylation sites is 1. The number of rotatable bonds is 8. The van der Waals surface area contributed by atoms with Crippen LogP contribution in [0.3, 0.4) is 0 Å². The summed E-state index contributed by atoms with van der Waals surface area (Å²) in [5.41, 5.74) is 5.43. The summed E-state index contributed by atoms with van der Waals surface area (Å²) in [6.07, 6.45) is 0.786. The first-order chi connectivity index (χ1) is 13.9. The lowest BCUT2D eigenvalue weighted by Crippen LogP contribution is -2.48. The van der Waals surface area contributed by atoms with Crippen LogP contribution in [0.15, 0.2) is 30.3 Å². The Morgan fingerprint density at radius 1 is 1.28 bits per heavy atom. The Hall–Kier alpha value is -2.65. The molecule has 1 aromatic carbocycles. The van der Waals surface area contributed by atoms with Gasteiger partial charge in [-0.15, -0.1) is 0 Å². The third kappa shape index (κ3) is 5.45. The van der Waals surface area contributed by atoms with Gasteiger partial charge in [0.2, 0.25) is 17.7 Å². The zero-order valence-electron chi connectivity index (χ0n) is 16.5. The first kappa shape index (κ1) is 21.1. The molecule has 2 fully saturated rings. The lowest BCUT2D eigenvalue weighted by atomic mass is 10.1. The van der Waals surface area contributed by atoms with Crippen molar-refractivity contribution in [3.8, 4) is 5.75 Å². The molecule has 2 saturated heterocycles. The van der Waals surface area contributed by atoms with E-state index in [0.717, 1.165) is 5.75 Å². The molecule has 2 aliphatic rings. The normalized spacial score (nSPS) is 21.1. The second kappa shape index (κ2) is 9.23. The molecule has 1 aromatic rings. The third-order valence-electron chi connectivity index (χ3n) is 5.05. The van der Waals surface area contributed by atoms with Gasteiger partial charge in [-0.3, -0.25) is 14.4 Å². The average molecular weight is 405 g/mol. The number of hydrogen-bond donors (Lipinski definition) is 2. The molecule has 9 heteroatoms. The van der Waals surface area contributed by atoms with Crippen molar-refractivity contribution in [3.63, 3.8) is 0 Å². The van der Waals surface area contributed by atoms with E-state index in [1.165, 1.54) is 4.90 Å². The van der Waals surface area contributed by atoms with Crippen LogP contribution < -0.4 is 15.8 Å². The molecule has 2 atom stereocenters. The van der Waals surface area contributed by atoms with E-state index in [0.29, 0.717) is 19.6 Å². The van der Waals surface area contributed by atoms with Crippen molar-refractivity contribution in [2.75, 3.05) is 26.3 Å². The summed E-state index contributed by atoms with van der Waals surface area (Å²) in [6, 6.07) is 8.55. The van der Waals surface area contributed by atoms with E-state index >= 15 is 0 Å². The van der Waals surface area contributed by atoms with Gasteiger partial charge in [-0.25, -0.2) is 0 Å². The summed E-state index contributed by atoms with van der Waals surface area (Å²) in [5, 5.41) is 2.60. The molecule has 3 N–H and O–H groups in total. The van der Waals surface area contributed by atoms with Crippen molar-refractivity contribution in [1.82, 2.24) is 10.2 Å². The van der Waals surface area contributed by atoms with Gasteiger partial charge in [0.15, 0.2) is 5.79 Å². The van der Waals surface area contributed by atoms with Gasteiger partial charge in [0.05, 0.1) is 32.4 Å². The Kier molecular flexibility index (Phi) is 6.71. The van der Waals surface area contributed by atoms with E-state index in [9.17, 15) is 14.4 Å². The van der Waals surface area contributed by atoms with Gasteiger partial charge < -0.3 is 30.2 Å². The first-order valence-corrected chi connectivity index (χ1v) is 9.74. The number of benzene rings is 1. The molecular weight excluding hydrogens is 378 g/mol. The van der Waals surface area contributed by atoms with Gasteiger partial charge in [0.25, 0.3) is 0 Å². The molecule has 0 aliphatic carbocycles. The van der Waals surface area contributed by atoms with Gasteiger partial charge in [-0.05, 0) is 25.5 Å². The summed E-state index contributed by atoms with van der Waals surface area (Å²) in [4.78, 5) is 37.7. The number of carbonyl (C=O) groups is 3. The monoisotopic (exact) mass is 405 g/mol. The Balaban J connectivity index is 1.43. The molecule has 0 saturated carbocycles. The molecule has 29 heavy (non-hydrogen) atoms. The largest absolute Gasteiger partial charge is 0.491 e. The summed E-state index contributed by atoms with van der Waals surface area (Å²) in [7, 11) is 0. The van der Waals surface area contributed by atoms with E-state index in [-0.39, 0.29) is 37.9 Å². The number of amides is 3. The fourth-order valence-electron chi connectivity index (χ4n) is 3.55. The lowest BCUT2D eigenvalue weighted by Gasteiger charge is -2.23. The van der Waals surface area contributed by atoms with Gasteiger partial charge in [-0.2, -0.15) is 0 Å². The number of nitrogens with two attached hydrogens (primary N) is 1. The molecule has 0 bridgehead atoms. The van der Waals surface area contributed by atoms with Crippen LogP contribution in [0.5, 0.6) is 5.75 Å². The standard InChI is InChI=1S/C20H27N3O6/c1-14(29-15-5-3-2-4-6-15)7-8-17(24)22-12-18(25)23-13-20(27-9-10-28-20)11-16(23)19(21)26/h2-6,14,16H,7-13H2,1H3,(H2,21,26)(H,22,24). The molecule has 0 aromatic heterocycles. The van der Waals surface area contributed by atoms with Crippen molar-refractivity contribution in [2.45, 2.75) is 44.1 Å². The Bertz CT molecular complexity index is 735. The summed E-state index contributed by atoms with van der Waals surface area (Å²) in [5.74, 6) is -1.50. The van der Waals surface area contributed by atoms with Crippen LogP contribution in [0, 0.1) is 0 Å². The van der Waals surface area contributed by atoms with Crippen molar-refractivity contribution in [1.29, 1.82) is 0 Å². The third-order valence-corrected chi connectivity index (χ3v) is 5.05. The maximum Gasteiger partial charge on any atom is 0.242 e. The van der Waals surface area contributed by atoms with Crippen molar-refractivity contribution < 1.29 is 28.6 Å². The smallest absolute Gasteiger partial charge is 0.242 e. The quantitative estimate of drug-likeness (QED) is 0.637. The zero-order chi connectivity index (χ0) is 20.9. The van der Waals surface area contributed by atoms with Crippen LogP contribution in [0.1, 0.15) is 26.2 Å². The molecule has 2 heterocycles. The molecule has 0 radical (unpaired) electrons. The summed E-state index contributed by atoms with van der Waals surface area (Å²) >= 11 is 0. The highest BCUT2D eigenvalue weighted by atomic mass is 16.7. The molecule has 9 nitrogen and oxygen atoms in total. The molecule has 3 amide bonds. The number of ether oxygens (including phenoxy) is 3. The molecule has 2 unspecified atom stereocenters. The Labute approximate surface area is 169 Å². The molecule has 158 valence electrons. The minimum atomic E-state index is -0.969. The highest BCUT2D eigenvalue weighted by molar-refractivity contribution is 5.90. The predicted molar refractivity (Wildman–Crippen MR) is 103 cm³/mol. The molecular formula is C20H27N3O6. The highest BCUT2D eigenvalue weighted by Gasteiger charge is 2.51. The number of primary amides is 1. The number of carbonyl (C=O) groups excluding carboxylic acids is 3. The summed E-state index contributed by atoms with van der Waals surface area (Å²) < 4.78 is 16.9. The van der Waals surface area contributed by atoms with E-state index < -0.39 is 23.6 Å². The Morgan fingerprint density at radius 2 is 1.97 bits per heavy atom. The SMILES string of the molecule is CC(CCC(=O)NCC(=O)N1CC2(CC1C(N)=O)OCCO2)Oc1ccccc1. The number of nitrogens with one attached hydrogen (secondary N) is 1. The van der Waals surface area contributed by atoms with Crippen LogP contribution in [0.4, 0.5) is 0 Å². The van der Waals surface area contributed by atoms with E-state index in [4.69, 9.17) is 19.9 Å². The number of nitrogens with zero attached hydrogens (tertiary/aromatic N) is 1. The fraction of sp³-hybridized carbons (Fsp3) is 0.550. The van der Waals surface area contributed by atoms with Gasteiger partial charge in [-0.1, -0.05) is 18.2 Å². The summed E-state index contributed by atoms with van der Waals surface area (Å²) in [6.45, 7) is 2.61. The molecule has 1 spiro atoms. The maximum absolute atomic E-state index is 12.6. The predicted octanol–water partition coefficient (Wildman–Crippen LogP) is 0.180. The topological polar surface area (TPSA) is 120 Å². The first-order valence-electron chi connectivity index (χ1n) is 9.74. The number of hydrogen-bond acceptors (Lipinski definition) is 6. The minimum Gasteiger partial charge on any atom is -0.491 e. The van der Waals surface area contributed by atoms with Crippen molar-refractivity contribution in [2.24, 2.45) is 5.73 Å². The molecule has 2 aliphatic heterocycles. The maximum atomic E-state index is 12.6. The van der Waals surface area contributed by atoms with Crippen molar-refractivity contribution in [3.05, 3.63) is 30.3 Å². The van der Waals surface area contributed by atoms with Crippen molar-refractivity contribution >= 4 is 17.7 Å². The van der Waals surface area contributed by atoms with Gasteiger partial charge in [0, 0.05) is 12.8 Å². The van der Waals surface area contributed by atoms with Gasteiger partial charge >= 0.3 is 0 Å². The van der Waals surface area contributed by atoms with Crippen LogP contribution in [-0.2, 0) is 23.9 Å². The lowest BCUT2D eigenvalue weighted by molar-refractivity contribution is -0.152.